The van der Waals surface area contributed by atoms with E-state index in [-0.39, 0.29) is 6.04 Å². The topological polar surface area (TPSA) is 38.5 Å². The molecule has 3 heteroatoms. The van der Waals surface area contributed by atoms with Crippen molar-refractivity contribution in [3.05, 3.63) is 29.8 Å². The Morgan fingerprint density at radius 3 is 2.61 bits per heavy atom. The predicted molar refractivity (Wildman–Crippen MR) is 75.9 cm³/mol. The van der Waals surface area contributed by atoms with E-state index in [4.69, 9.17) is 10.5 Å². The standard InChI is InChI=1S/C15H24N2O/c1-4-15(16)13-5-7-14(8-6-13)17-9-12(3)18-10-11(17)2/h5-8,11-12,15H,4,9-10,16H2,1-3H3/t11?,12?,15-/m0/s1. The van der Waals surface area contributed by atoms with E-state index < -0.39 is 0 Å². The summed E-state index contributed by atoms with van der Waals surface area (Å²) in [4.78, 5) is 2.41. The molecule has 1 fully saturated rings. The highest BCUT2D eigenvalue weighted by Crippen LogP contribution is 2.24. The van der Waals surface area contributed by atoms with Crippen molar-refractivity contribution in [2.45, 2.75) is 45.4 Å². The van der Waals surface area contributed by atoms with E-state index in [1.807, 2.05) is 0 Å². The van der Waals surface area contributed by atoms with Gasteiger partial charge in [0.25, 0.3) is 0 Å². The summed E-state index contributed by atoms with van der Waals surface area (Å²) in [6.07, 6.45) is 1.28. The van der Waals surface area contributed by atoms with Gasteiger partial charge in [0.05, 0.1) is 12.7 Å². The Bertz CT molecular complexity index is 377. The maximum absolute atomic E-state index is 6.04. The molecular formula is C15H24N2O. The van der Waals surface area contributed by atoms with Crippen LogP contribution in [0.3, 0.4) is 0 Å². The minimum atomic E-state index is 0.153. The molecule has 2 rings (SSSR count). The molecule has 100 valence electrons. The third-order valence-electron chi connectivity index (χ3n) is 3.70. The molecule has 2 unspecified atom stereocenters. The van der Waals surface area contributed by atoms with Crippen LogP contribution in [0.25, 0.3) is 0 Å². The smallest absolute Gasteiger partial charge is 0.0723 e. The molecule has 1 heterocycles. The zero-order valence-corrected chi connectivity index (χ0v) is 11.6. The molecule has 18 heavy (non-hydrogen) atoms. The highest BCUT2D eigenvalue weighted by Gasteiger charge is 2.23. The summed E-state index contributed by atoms with van der Waals surface area (Å²) in [5, 5.41) is 0. The molecule has 0 radical (unpaired) electrons. The lowest BCUT2D eigenvalue weighted by Crippen LogP contribution is -2.47. The van der Waals surface area contributed by atoms with Crippen molar-refractivity contribution in [3.63, 3.8) is 0 Å². The molecule has 1 aliphatic rings. The third-order valence-corrected chi connectivity index (χ3v) is 3.70. The van der Waals surface area contributed by atoms with Crippen molar-refractivity contribution in [1.29, 1.82) is 0 Å². The lowest BCUT2D eigenvalue weighted by atomic mass is 10.0. The van der Waals surface area contributed by atoms with Gasteiger partial charge in [0.15, 0.2) is 0 Å². The first kappa shape index (κ1) is 13.4. The highest BCUT2D eigenvalue weighted by atomic mass is 16.5. The summed E-state index contributed by atoms with van der Waals surface area (Å²) in [6, 6.07) is 9.25. The summed E-state index contributed by atoms with van der Waals surface area (Å²) in [7, 11) is 0. The quantitative estimate of drug-likeness (QED) is 0.894. The van der Waals surface area contributed by atoms with Crippen LogP contribution in [0.5, 0.6) is 0 Å². The third kappa shape index (κ3) is 2.85. The van der Waals surface area contributed by atoms with Crippen molar-refractivity contribution in [3.8, 4) is 0 Å². The van der Waals surface area contributed by atoms with Crippen LogP contribution in [0.1, 0.15) is 38.8 Å². The Morgan fingerprint density at radius 1 is 1.33 bits per heavy atom. The van der Waals surface area contributed by atoms with Gasteiger partial charge >= 0.3 is 0 Å². The molecule has 0 bridgehead atoms. The Balaban J connectivity index is 2.13. The first-order chi connectivity index (χ1) is 8.61. The number of rotatable bonds is 3. The minimum Gasteiger partial charge on any atom is -0.375 e. The van der Waals surface area contributed by atoms with Crippen LogP contribution in [0, 0.1) is 0 Å². The van der Waals surface area contributed by atoms with E-state index >= 15 is 0 Å². The van der Waals surface area contributed by atoms with Crippen molar-refractivity contribution < 1.29 is 4.74 Å². The van der Waals surface area contributed by atoms with Gasteiger partial charge in [-0.15, -0.1) is 0 Å². The molecular weight excluding hydrogens is 224 g/mol. The maximum atomic E-state index is 6.04. The van der Waals surface area contributed by atoms with Gasteiger partial charge in [0, 0.05) is 24.3 Å². The molecule has 0 spiro atoms. The summed E-state index contributed by atoms with van der Waals surface area (Å²) in [5.41, 5.74) is 8.52. The molecule has 1 aromatic carbocycles. The van der Waals surface area contributed by atoms with Crippen LogP contribution in [0.2, 0.25) is 0 Å². The Hall–Kier alpha value is -1.06. The van der Waals surface area contributed by atoms with E-state index in [1.54, 1.807) is 0 Å². The van der Waals surface area contributed by atoms with Crippen LogP contribution in [0.15, 0.2) is 24.3 Å². The number of benzene rings is 1. The first-order valence-corrected chi connectivity index (χ1v) is 6.85. The van der Waals surface area contributed by atoms with Crippen LogP contribution >= 0.6 is 0 Å². The molecule has 1 aliphatic heterocycles. The van der Waals surface area contributed by atoms with Gasteiger partial charge in [-0.05, 0) is 38.0 Å². The van der Waals surface area contributed by atoms with Gasteiger partial charge in [-0.25, -0.2) is 0 Å². The van der Waals surface area contributed by atoms with E-state index in [2.05, 4.69) is 49.9 Å². The van der Waals surface area contributed by atoms with E-state index in [0.29, 0.717) is 12.1 Å². The molecule has 0 aliphatic carbocycles. The normalized spacial score (nSPS) is 26.1. The molecule has 0 aromatic heterocycles. The summed E-state index contributed by atoms with van der Waals surface area (Å²) in [5.74, 6) is 0. The Labute approximate surface area is 110 Å². The van der Waals surface area contributed by atoms with Crippen molar-refractivity contribution in [2.24, 2.45) is 5.73 Å². The van der Waals surface area contributed by atoms with Crippen LogP contribution < -0.4 is 10.6 Å². The molecule has 0 amide bonds. The predicted octanol–water partition coefficient (Wildman–Crippen LogP) is 2.71. The minimum absolute atomic E-state index is 0.153. The monoisotopic (exact) mass is 248 g/mol. The Kier molecular flexibility index (Phi) is 4.25. The number of anilines is 1. The summed E-state index contributed by atoms with van der Waals surface area (Å²) < 4.78 is 5.66. The van der Waals surface area contributed by atoms with Gasteiger partial charge in [-0.2, -0.15) is 0 Å². The average Bonchev–Trinajstić information content (AvgIpc) is 2.41. The van der Waals surface area contributed by atoms with Crippen molar-refractivity contribution >= 4 is 5.69 Å². The fraction of sp³-hybridized carbons (Fsp3) is 0.600. The van der Waals surface area contributed by atoms with Crippen LogP contribution in [-0.4, -0.2) is 25.3 Å². The second kappa shape index (κ2) is 5.72. The van der Waals surface area contributed by atoms with Crippen molar-refractivity contribution in [1.82, 2.24) is 0 Å². The number of hydrogen-bond donors (Lipinski definition) is 1. The van der Waals surface area contributed by atoms with Gasteiger partial charge in [-0.3, -0.25) is 0 Å². The van der Waals surface area contributed by atoms with E-state index in [1.165, 1.54) is 11.3 Å². The largest absolute Gasteiger partial charge is 0.375 e. The zero-order chi connectivity index (χ0) is 13.1. The maximum Gasteiger partial charge on any atom is 0.0723 e. The van der Waals surface area contributed by atoms with Gasteiger partial charge in [0.2, 0.25) is 0 Å². The van der Waals surface area contributed by atoms with E-state index in [0.717, 1.165) is 19.6 Å². The zero-order valence-electron chi connectivity index (χ0n) is 11.6. The number of ether oxygens (including phenoxy) is 1. The molecule has 0 saturated carbocycles. The fourth-order valence-electron chi connectivity index (χ4n) is 2.41. The van der Waals surface area contributed by atoms with E-state index in [9.17, 15) is 0 Å². The Morgan fingerprint density at radius 2 is 2.00 bits per heavy atom. The first-order valence-electron chi connectivity index (χ1n) is 6.85. The fourth-order valence-corrected chi connectivity index (χ4v) is 2.41. The van der Waals surface area contributed by atoms with Gasteiger partial charge < -0.3 is 15.4 Å². The number of morpholine rings is 1. The number of nitrogens with two attached hydrogens (primary N) is 1. The summed E-state index contributed by atoms with van der Waals surface area (Å²) in [6.45, 7) is 8.21. The second-order valence-corrected chi connectivity index (χ2v) is 5.25. The lowest BCUT2D eigenvalue weighted by Gasteiger charge is -2.38. The number of hydrogen-bond acceptors (Lipinski definition) is 3. The van der Waals surface area contributed by atoms with Crippen molar-refractivity contribution in [2.75, 3.05) is 18.1 Å². The lowest BCUT2D eigenvalue weighted by molar-refractivity contribution is 0.0344. The highest BCUT2D eigenvalue weighted by molar-refractivity contribution is 5.49. The van der Waals surface area contributed by atoms with Gasteiger partial charge in [-0.1, -0.05) is 19.1 Å². The molecule has 2 N–H and O–H groups in total. The molecule has 1 saturated heterocycles. The summed E-state index contributed by atoms with van der Waals surface area (Å²) >= 11 is 0. The van der Waals surface area contributed by atoms with Crippen LogP contribution in [0.4, 0.5) is 5.69 Å². The molecule has 3 nitrogen and oxygen atoms in total. The average molecular weight is 248 g/mol. The van der Waals surface area contributed by atoms with Gasteiger partial charge in [0.1, 0.15) is 0 Å². The number of nitrogens with zero attached hydrogens (tertiary/aromatic N) is 1. The van der Waals surface area contributed by atoms with Crippen LogP contribution in [-0.2, 0) is 4.74 Å². The SMILES string of the molecule is CC[C@H](N)c1ccc(N2CC(C)OCC2C)cc1. The molecule has 1 aromatic rings. The molecule has 3 atom stereocenters. The second-order valence-electron chi connectivity index (χ2n) is 5.25.